The smallest absolute Gasteiger partial charge is 0.244 e. The van der Waals surface area contributed by atoms with Crippen LogP contribution in [0.1, 0.15) is 87.5 Å². The van der Waals surface area contributed by atoms with E-state index in [-0.39, 0.29) is 28.5 Å². The predicted molar refractivity (Wildman–Crippen MR) is 118 cm³/mol. The fraction of sp³-hybridized carbons (Fsp3) is 1.00. The Labute approximate surface area is 171 Å². The van der Waals surface area contributed by atoms with Crippen molar-refractivity contribution in [1.82, 2.24) is 0 Å². The molecule has 3 saturated carbocycles. The summed E-state index contributed by atoms with van der Waals surface area (Å²) >= 11 is 10.6. The van der Waals surface area contributed by atoms with Gasteiger partial charge in [0.1, 0.15) is 0 Å². The van der Waals surface area contributed by atoms with E-state index in [1.54, 1.807) is 0 Å². The zero-order valence-electron chi connectivity index (χ0n) is 18.0. The van der Waals surface area contributed by atoms with Gasteiger partial charge in [-0.05, 0) is 84.3 Å². The van der Waals surface area contributed by atoms with Crippen molar-refractivity contribution in [2.24, 2.45) is 33.5 Å². The maximum atomic E-state index is 6.51. The lowest BCUT2D eigenvalue weighted by Gasteiger charge is -2.46. The topological polar surface area (TPSA) is 18.5 Å². The van der Waals surface area contributed by atoms with Crippen LogP contribution in [0.2, 0.25) is 0 Å². The fourth-order valence-electron chi connectivity index (χ4n) is 6.28. The van der Waals surface area contributed by atoms with Crippen molar-refractivity contribution < 1.29 is 9.05 Å². The minimum atomic E-state index is -2.57. The van der Waals surface area contributed by atoms with Gasteiger partial charge in [0.05, 0.1) is 12.2 Å². The summed E-state index contributed by atoms with van der Waals surface area (Å²) in [5.74, 6) is 1.44. The van der Waals surface area contributed by atoms with E-state index in [1.807, 2.05) is 0 Å². The van der Waals surface area contributed by atoms with E-state index in [4.69, 9.17) is 33.1 Å². The van der Waals surface area contributed by atoms with Crippen molar-refractivity contribution in [2.45, 2.75) is 99.7 Å². The SMILES string of the molecule is C[C@H]1CC[C@](C)([C@@H](C)OP(=S)(S)O[C@@H]2C[C@H]3CC[C@@]2(C)C3(C)C)C1(C)C. The van der Waals surface area contributed by atoms with Gasteiger partial charge in [-0.3, -0.25) is 0 Å². The van der Waals surface area contributed by atoms with Crippen LogP contribution in [0.3, 0.4) is 0 Å². The Balaban J connectivity index is 1.72. The Kier molecular flexibility index (Phi) is 5.37. The van der Waals surface area contributed by atoms with Crippen LogP contribution in [-0.4, -0.2) is 12.2 Å². The highest BCUT2D eigenvalue weighted by molar-refractivity contribution is 8.60. The summed E-state index contributed by atoms with van der Waals surface area (Å²) in [6, 6.07) is 0. The Hall–Kier alpha value is 0.920. The van der Waals surface area contributed by atoms with Crippen LogP contribution in [0, 0.1) is 33.5 Å². The molecule has 2 nitrogen and oxygen atoms in total. The van der Waals surface area contributed by atoms with Gasteiger partial charge < -0.3 is 9.05 Å². The van der Waals surface area contributed by atoms with E-state index < -0.39 is 5.69 Å². The van der Waals surface area contributed by atoms with Gasteiger partial charge in [0.15, 0.2) is 0 Å². The average Bonchev–Trinajstić information content (AvgIpc) is 2.93. The first-order valence-corrected chi connectivity index (χ1v) is 14.2. The van der Waals surface area contributed by atoms with Gasteiger partial charge in [-0.25, -0.2) is 0 Å². The molecule has 0 aromatic heterocycles. The van der Waals surface area contributed by atoms with E-state index in [2.05, 4.69) is 55.4 Å². The van der Waals surface area contributed by atoms with E-state index in [0.717, 1.165) is 12.3 Å². The summed E-state index contributed by atoms with van der Waals surface area (Å²) in [5, 5.41) is 0. The standard InChI is InChI=1S/C21H39O2PS2/c1-14-9-11-20(7,18(14,3)4)15(2)22-24(25,26)23-17-13-16-10-12-21(17,8)19(16,5)6/h14-17H,9-13H2,1-8H3,(H,25,26)/t14-,15+,16+,17+,20+,21+/m0/s1. The van der Waals surface area contributed by atoms with E-state index >= 15 is 0 Å². The highest BCUT2D eigenvalue weighted by atomic mass is 32.9. The molecule has 0 amide bonds. The highest BCUT2D eigenvalue weighted by Gasteiger charge is 2.63. The molecule has 0 aromatic rings. The van der Waals surface area contributed by atoms with Crippen LogP contribution in [0.15, 0.2) is 0 Å². The molecule has 0 radical (unpaired) electrons. The molecule has 5 heteroatoms. The molecule has 7 atom stereocenters. The first-order valence-electron chi connectivity index (χ1n) is 10.4. The molecule has 26 heavy (non-hydrogen) atoms. The molecule has 2 bridgehead atoms. The van der Waals surface area contributed by atoms with Gasteiger partial charge in [-0.1, -0.05) is 60.7 Å². The normalized spacial score (nSPS) is 47.0. The second-order valence-electron chi connectivity index (χ2n) is 11.0. The summed E-state index contributed by atoms with van der Waals surface area (Å²) in [7, 11) is 0. The molecule has 3 fully saturated rings. The number of rotatable bonds is 5. The van der Waals surface area contributed by atoms with Crippen molar-refractivity contribution in [1.29, 1.82) is 0 Å². The van der Waals surface area contributed by atoms with Gasteiger partial charge in [0, 0.05) is 0 Å². The van der Waals surface area contributed by atoms with E-state index in [1.165, 1.54) is 25.7 Å². The molecule has 3 aliphatic rings. The van der Waals surface area contributed by atoms with Gasteiger partial charge in [-0.2, -0.15) is 0 Å². The maximum absolute atomic E-state index is 6.51. The molecule has 0 aliphatic heterocycles. The molecule has 3 aliphatic carbocycles. The third kappa shape index (κ3) is 3.00. The molecule has 0 heterocycles. The summed E-state index contributed by atoms with van der Waals surface area (Å²) in [6.07, 6.45) is 6.35. The van der Waals surface area contributed by atoms with Crippen molar-refractivity contribution >= 4 is 29.7 Å². The van der Waals surface area contributed by atoms with Gasteiger partial charge in [-0.15, -0.1) is 0 Å². The summed E-state index contributed by atoms with van der Waals surface area (Å²) < 4.78 is 13.0. The zero-order chi connectivity index (χ0) is 19.8. The Morgan fingerprint density at radius 1 is 1.04 bits per heavy atom. The predicted octanol–water partition coefficient (Wildman–Crippen LogP) is 7.24. The molecule has 152 valence electrons. The molecule has 0 N–H and O–H groups in total. The number of hydrogen-bond acceptors (Lipinski definition) is 3. The first kappa shape index (κ1) is 21.6. The summed E-state index contributed by atoms with van der Waals surface area (Å²) in [4.78, 5) is 0. The lowest BCUT2D eigenvalue weighted by molar-refractivity contribution is -0.0257. The largest absolute Gasteiger partial charge is 0.318 e. The maximum Gasteiger partial charge on any atom is 0.244 e. The average molecular weight is 419 g/mol. The van der Waals surface area contributed by atoms with Crippen LogP contribution >= 0.6 is 17.9 Å². The van der Waals surface area contributed by atoms with Crippen LogP contribution in [0.4, 0.5) is 0 Å². The monoisotopic (exact) mass is 418 g/mol. The van der Waals surface area contributed by atoms with E-state index in [0.29, 0.717) is 11.3 Å². The Bertz CT molecular complexity index is 619. The molecule has 0 spiro atoms. The van der Waals surface area contributed by atoms with Crippen molar-refractivity contribution in [3.63, 3.8) is 0 Å². The van der Waals surface area contributed by atoms with Crippen LogP contribution < -0.4 is 0 Å². The van der Waals surface area contributed by atoms with Crippen molar-refractivity contribution in [2.75, 3.05) is 0 Å². The molecule has 0 saturated heterocycles. The second kappa shape index (κ2) is 6.46. The lowest BCUT2D eigenvalue weighted by atomic mass is 9.63. The third-order valence-electron chi connectivity index (χ3n) is 9.96. The number of fused-ring (bicyclic) bond motifs is 2. The van der Waals surface area contributed by atoms with Crippen molar-refractivity contribution in [3.8, 4) is 0 Å². The van der Waals surface area contributed by atoms with Gasteiger partial charge in [0.2, 0.25) is 5.69 Å². The molecular formula is C21H39O2PS2. The van der Waals surface area contributed by atoms with Gasteiger partial charge >= 0.3 is 0 Å². The first-order chi connectivity index (χ1) is 11.7. The Morgan fingerprint density at radius 2 is 1.65 bits per heavy atom. The van der Waals surface area contributed by atoms with Crippen LogP contribution in [0.25, 0.3) is 0 Å². The fourth-order valence-corrected chi connectivity index (χ4v) is 9.07. The minimum absolute atomic E-state index is 0.0604. The highest BCUT2D eigenvalue weighted by Crippen LogP contribution is 2.71. The van der Waals surface area contributed by atoms with Crippen LogP contribution in [-0.2, 0) is 20.9 Å². The molecule has 3 rings (SSSR count). The summed E-state index contributed by atoms with van der Waals surface area (Å²) in [5.41, 5.74) is -1.71. The summed E-state index contributed by atoms with van der Waals surface area (Å²) in [6.45, 7) is 18.9. The van der Waals surface area contributed by atoms with Crippen molar-refractivity contribution in [3.05, 3.63) is 0 Å². The third-order valence-corrected chi connectivity index (χ3v) is 12.1. The number of hydrogen-bond donors (Lipinski definition) is 1. The zero-order valence-corrected chi connectivity index (χ0v) is 20.6. The Morgan fingerprint density at radius 3 is 2.08 bits per heavy atom. The molecular weight excluding hydrogens is 379 g/mol. The number of thiol groups is 1. The lowest BCUT2D eigenvalue weighted by Crippen LogP contribution is -2.42. The molecule has 1 unspecified atom stereocenters. The minimum Gasteiger partial charge on any atom is -0.318 e. The second-order valence-corrected chi connectivity index (χ2v) is 16.2. The van der Waals surface area contributed by atoms with E-state index in [9.17, 15) is 0 Å². The molecule has 0 aromatic carbocycles. The van der Waals surface area contributed by atoms with Crippen LogP contribution in [0.5, 0.6) is 0 Å². The van der Waals surface area contributed by atoms with Gasteiger partial charge in [0.25, 0.3) is 0 Å². The quantitative estimate of drug-likeness (QED) is 0.375.